The molecular formula is C19H26ClFN2O2. The molecule has 1 fully saturated rings. The fourth-order valence-electron chi connectivity index (χ4n) is 3.24. The zero-order valence-electron chi connectivity index (χ0n) is 14.9. The molecule has 1 saturated carbocycles. The SMILES string of the molecule is CCCCN(C)C(=O)C1CCC(C(=O)Nc2ccc(F)c(Cl)c2)CC1. The number of carbonyl (C=O) groups is 2. The summed E-state index contributed by atoms with van der Waals surface area (Å²) in [6, 6.07) is 4.14. The normalized spacial score (nSPS) is 20.2. The molecule has 0 heterocycles. The van der Waals surface area contributed by atoms with Crippen molar-refractivity contribution < 1.29 is 14.0 Å². The molecule has 2 rings (SSSR count). The van der Waals surface area contributed by atoms with Gasteiger partial charge in [-0.15, -0.1) is 0 Å². The summed E-state index contributed by atoms with van der Waals surface area (Å²) < 4.78 is 13.2. The molecule has 2 amide bonds. The van der Waals surface area contributed by atoms with Crippen molar-refractivity contribution in [3.63, 3.8) is 0 Å². The minimum Gasteiger partial charge on any atom is -0.346 e. The molecule has 1 aromatic carbocycles. The Morgan fingerprint density at radius 1 is 1.24 bits per heavy atom. The zero-order chi connectivity index (χ0) is 18.4. The number of halogens is 2. The summed E-state index contributed by atoms with van der Waals surface area (Å²) in [6.45, 7) is 2.90. The molecule has 0 bridgehead atoms. The Bertz CT molecular complexity index is 615. The highest BCUT2D eigenvalue weighted by molar-refractivity contribution is 6.31. The van der Waals surface area contributed by atoms with E-state index in [4.69, 9.17) is 11.6 Å². The molecule has 0 aromatic heterocycles. The standard InChI is InChI=1S/C19H26ClFN2O2/c1-3-4-11-23(2)19(25)14-7-5-13(6-8-14)18(24)22-15-9-10-17(21)16(20)12-15/h9-10,12-14H,3-8,11H2,1-2H3,(H,22,24). The first kappa shape index (κ1) is 19.7. The Morgan fingerprint density at radius 2 is 1.88 bits per heavy atom. The third-order valence-corrected chi connectivity index (χ3v) is 5.15. The summed E-state index contributed by atoms with van der Waals surface area (Å²) in [6.07, 6.45) is 4.94. The van der Waals surface area contributed by atoms with Gasteiger partial charge in [0, 0.05) is 31.1 Å². The van der Waals surface area contributed by atoms with E-state index in [1.54, 1.807) is 0 Å². The van der Waals surface area contributed by atoms with E-state index in [1.165, 1.54) is 18.2 Å². The van der Waals surface area contributed by atoms with Crippen molar-refractivity contribution in [3.8, 4) is 0 Å². The van der Waals surface area contributed by atoms with Crippen LogP contribution >= 0.6 is 11.6 Å². The summed E-state index contributed by atoms with van der Waals surface area (Å²) in [5.74, 6) is -0.503. The van der Waals surface area contributed by atoms with Crippen molar-refractivity contribution in [1.82, 2.24) is 4.90 Å². The van der Waals surface area contributed by atoms with Crippen LogP contribution in [0.3, 0.4) is 0 Å². The van der Waals surface area contributed by atoms with E-state index in [9.17, 15) is 14.0 Å². The van der Waals surface area contributed by atoms with Crippen molar-refractivity contribution >= 4 is 29.1 Å². The van der Waals surface area contributed by atoms with Gasteiger partial charge in [-0.25, -0.2) is 4.39 Å². The van der Waals surface area contributed by atoms with E-state index >= 15 is 0 Å². The number of nitrogens with one attached hydrogen (secondary N) is 1. The van der Waals surface area contributed by atoms with Gasteiger partial charge in [-0.1, -0.05) is 24.9 Å². The van der Waals surface area contributed by atoms with Crippen LogP contribution in [0, 0.1) is 17.7 Å². The summed E-state index contributed by atoms with van der Waals surface area (Å²) in [4.78, 5) is 26.6. The lowest BCUT2D eigenvalue weighted by Gasteiger charge is -2.30. The van der Waals surface area contributed by atoms with Crippen molar-refractivity contribution in [1.29, 1.82) is 0 Å². The number of benzene rings is 1. The second kappa shape index (κ2) is 9.18. The van der Waals surface area contributed by atoms with Crippen molar-refractivity contribution in [2.24, 2.45) is 11.8 Å². The number of anilines is 1. The van der Waals surface area contributed by atoms with Gasteiger partial charge < -0.3 is 10.2 Å². The largest absolute Gasteiger partial charge is 0.346 e. The van der Waals surface area contributed by atoms with Gasteiger partial charge in [0.05, 0.1) is 5.02 Å². The molecule has 6 heteroatoms. The summed E-state index contributed by atoms with van der Waals surface area (Å²) >= 11 is 5.73. The maximum atomic E-state index is 13.2. The van der Waals surface area contributed by atoms with Crippen LogP contribution in [0.4, 0.5) is 10.1 Å². The second-order valence-corrected chi connectivity index (χ2v) is 7.19. The van der Waals surface area contributed by atoms with Crippen LogP contribution in [0.15, 0.2) is 18.2 Å². The zero-order valence-corrected chi connectivity index (χ0v) is 15.6. The van der Waals surface area contributed by atoms with Gasteiger partial charge in [0.15, 0.2) is 0 Å². The molecule has 25 heavy (non-hydrogen) atoms. The Hall–Kier alpha value is -1.62. The first-order valence-corrected chi connectivity index (χ1v) is 9.31. The number of carbonyl (C=O) groups excluding carboxylic acids is 2. The first-order chi connectivity index (χ1) is 11.9. The molecule has 1 aliphatic rings. The third kappa shape index (κ3) is 5.43. The molecule has 0 spiro atoms. The second-order valence-electron chi connectivity index (χ2n) is 6.78. The molecule has 4 nitrogen and oxygen atoms in total. The molecule has 0 saturated heterocycles. The van der Waals surface area contributed by atoms with Gasteiger partial charge in [-0.2, -0.15) is 0 Å². The maximum absolute atomic E-state index is 13.2. The van der Waals surface area contributed by atoms with Crippen molar-refractivity contribution in [2.45, 2.75) is 45.4 Å². The fourth-order valence-corrected chi connectivity index (χ4v) is 3.42. The van der Waals surface area contributed by atoms with Gasteiger partial charge in [-0.05, 0) is 50.3 Å². The van der Waals surface area contributed by atoms with Crippen LogP contribution in [0.25, 0.3) is 0 Å². The Balaban J connectivity index is 1.83. The van der Waals surface area contributed by atoms with Gasteiger partial charge in [0.2, 0.25) is 11.8 Å². The third-order valence-electron chi connectivity index (χ3n) is 4.86. The lowest BCUT2D eigenvalue weighted by atomic mass is 9.81. The summed E-state index contributed by atoms with van der Waals surface area (Å²) in [5.41, 5.74) is 0.494. The molecule has 1 aromatic rings. The van der Waals surface area contributed by atoms with Gasteiger partial charge >= 0.3 is 0 Å². The molecule has 0 unspecified atom stereocenters. The fraction of sp³-hybridized carbons (Fsp3) is 0.579. The van der Waals surface area contributed by atoms with Gasteiger partial charge in [0.25, 0.3) is 0 Å². The number of hydrogen-bond donors (Lipinski definition) is 1. The molecule has 138 valence electrons. The average Bonchev–Trinajstić information content (AvgIpc) is 2.62. The van der Waals surface area contributed by atoms with Crippen LogP contribution in [-0.4, -0.2) is 30.3 Å². The predicted molar refractivity (Wildman–Crippen MR) is 98.0 cm³/mol. The molecule has 1 N–H and O–H groups in total. The van der Waals surface area contributed by atoms with Crippen LogP contribution in [0.2, 0.25) is 5.02 Å². The van der Waals surface area contributed by atoms with Gasteiger partial charge in [-0.3, -0.25) is 9.59 Å². The smallest absolute Gasteiger partial charge is 0.227 e. The monoisotopic (exact) mass is 368 g/mol. The molecule has 0 aliphatic heterocycles. The molecule has 1 aliphatic carbocycles. The van der Waals surface area contributed by atoms with E-state index < -0.39 is 5.82 Å². The number of rotatable bonds is 6. The van der Waals surface area contributed by atoms with Crippen LogP contribution < -0.4 is 5.32 Å². The maximum Gasteiger partial charge on any atom is 0.227 e. The van der Waals surface area contributed by atoms with E-state index in [1.807, 2.05) is 11.9 Å². The van der Waals surface area contributed by atoms with Crippen LogP contribution in [0.1, 0.15) is 45.4 Å². The van der Waals surface area contributed by atoms with Gasteiger partial charge in [0.1, 0.15) is 5.82 Å². The topological polar surface area (TPSA) is 49.4 Å². The highest BCUT2D eigenvalue weighted by atomic mass is 35.5. The predicted octanol–water partition coefficient (Wildman–Crippen LogP) is 4.48. The molecular weight excluding hydrogens is 343 g/mol. The number of unbranched alkanes of at least 4 members (excludes halogenated alkanes) is 1. The Kier molecular flexibility index (Phi) is 7.24. The van der Waals surface area contributed by atoms with Crippen LogP contribution in [0.5, 0.6) is 0 Å². The van der Waals surface area contributed by atoms with Crippen molar-refractivity contribution in [2.75, 3.05) is 18.9 Å². The van der Waals surface area contributed by atoms with E-state index in [2.05, 4.69) is 12.2 Å². The minimum absolute atomic E-state index is 0.0118. The highest BCUT2D eigenvalue weighted by Crippen LogP contribution is 2.31. The number of nitrogens with zero attached hydrogens (tertiary/aromatic N) is 1. The Morgan fingerprint density at radius 3 is 2.48 bits per heavy atom. The lowest BCUT2D eigenvalue weighted by molar-refractivity contribution is -0.136. The number of hydrogen-bond acceptors (Lipinski definition) is 2. The lowest BCUT2D eigenvalue weighted by Crippen LogP contribution is -2.37. The van der Waals surface area contributed by atoms with E-state index in [0.717, 1.165) is 32.2 Å². The molecule has 0 atom stereocenters. The van der Waals surface area contributed by atoms with E-state index in [0.29, 0.717) is 18.5 Å². The van der Waals surface area contributed by atoms with Crippen LogP contribution in [-0.2, 0) is 9.59 Å². The quantitative estimate of drug-likeness (QED) is 0.804. The first-order valence-electron chi connectivity index (χ1n) is 8.93. The minimum atomic E-state index is -0.508. The molecule has 0 radical (unpaired) electrons. The van der Waals surface area contributed by atoms with E-state index in [-0.39, 0.29) is 28.7 Å². The number of amides is 2. The summed E-state index contributed by atoms with van der Waals surface area (Å²) in [5, 5.41) is 2.78. The van der Waals surface area contributed by atoms with Crippen molar-refractivity contribution in [3.05, 3.63) is 29.0 Å². The highest BCUT2D eigenvalue weighted by Gasteiger charge is 2.31. The average molecular weight is 369 g/mol. The Labute approximate surface area is 153 Å². The summed E-state index contributed by atoms with van der Waals surface area (Å²) in [7, 11) is 1.86.